The van der Waals surface area contributed by atoms with Gasteiger partial charge in [-0.1, -0.05) is 24.3 Å². The zero-order chi connectivity index (χ0) is 16.9. The number of benzene rings is 2. The molecule has 1 N–H and O–H groups in total. The van der Waals surface area contributed by atoms with Gasteiger partial charge in [-0.3, -0.25) is 0 Å². The first-order valence-electron chi connectivity index (χ1n) is 7.43. The van der Waals surface area contributed by atoms with Crippen LogP contribution in [0.1, 0.15) is 22.3 Å². The maximum atomic E-state index is 12.5. The van der Waals surface area contributed by atoms with E-state index < -0.39 is 11.7 Å². The number of hydrogen-bond acceptors (Lipinski definition) is 2. The van der Waals surface area contributed by atoms with Crippen molar-refractivity contribution in [1.82, 2.24) is 5.32 Å². The third-order valence-electron chi connectivity index (χ3n) is 3.58. The van der Waals surface area contributed by atoms with Crippen molar-refractivity contribution in [1.29, 1.82) is 0 Å². The van der Waals surface area contributed by atoms with Crippen molar-refractivity contribution in [3.63, 3.8) is 0 Å². The normalized spacial score (nSPS) is 11.0. The Morgan fingerprint density at radius 1 is 1.00 bits per heavy atom. The summed E-state index contributed by atoms with van der Waals surface area (Å²) in [5.74, 6) is 0.748. The molecule has 0 saturated heterocycles. The maximum absolute atomic E-state index is 12.5. The lowest BCUT2D eigenvalue weighted by molar-refractivity contribution is -0.137. The van der Waals surface area contributed by atoms with Crippen molar-refractivity contribution in [3.8, 4) is 5.75 Å². The van der Waals surface area contributed by atoms with Crippen LogP contribution in [-0.2, 0) is 19.2 Å². The zero-order valence-corrected chi connectivity index (χ0v) is 14.4. The fourth-order valence-corrected chi connectivity index (χ4v) is 2.25. The van der Waals surface area contributed by atoms with E-state index in [1.165, 1.54) is 17.7 Å². The molecule has 2 aromatic carbocycles. The van der Waals surface area contributed by atoms with E-state index in [9.17, 15) is 13.2 Å². The number of rotatable bonds is 6. The van der Waals surface area contributed by atoms with E-state index in [1.807, 2.05) is 26.1 Å². The van der Waals surface area contributed by atoms with E-state index in [0.29, 0.717) is 5.56 Å². The van der Waals surface area contributed by atoms with Gasteiger partial charge in [0.25, 0.3) is 0 Å². The van der Waals surface area contributed by atoms with Crippen molar-refractivity contribution < 1.29 is 17.9 Å². The molecule has 0 radical (unpaired) electrons. The van der Waals surface area contributed by atoms with Crippen molar-refractivity contribution >= 4 is 12.4 Å². The molecule has 0 bridgehead atoms. The van der Waals surface area contributed by atoms with Gasteiger partial charge in [0.1, 0.15) is 12.4 Å². The van der Waals surface area contributed by atoms with Crippen LogP contribution in [-0.4, -0.2) is 13.6 Å². The number of likely N-dealkylation sites (N-methyl/N-ethyl adjacent to an activating group) is 1. The Labute approximate surface area is 146 Å². The highest BCUT2D eigenvalue weighted by Crippen LogP contribution is 2.29. The lowest BCUT2D eigenvalue weighted by atomic mass is 10.1. The quantitative estimate of drug-likeness (QED) is 0.801. The monoisotopic (exact) mass is 359 g/mol. The number of nitrogens with one attached hydrogen (secondary N) is 1. The molecule has 0 aliphatic carbocycles. The molecular formula is C18H21ClF3NO. The molecule has 0 heterocycles. The van der Waals surface area contributed by atoms with Crippen LogP contribution >= 0.6 is 12.4 Å². The minimum atomic E-state index is -4.31. The van der Waals surface area contributed by atoms with Crippen LogP contribution in [0.2, 0.25) is 0 Å². The zero-order valence-electron chi connectivity index (χ0n) is 13.6. The highest BCUT2D eigenvalue weighted by atomic mass is 35.5. The van der Waals surface area contributed by atoms with Crippen LogP contribution in [0.5, 0.6) is 5.75 Å². The summed E-state index contributed by atoms with van der Waals surface area (Å²) in [5, 5.41) is 3.10. The molecule has 0 aliphatic rings. The largest absolute Gasteiger partial charge is 0.489 e. The summed E-state index contributed by atoms with van der Waals surface area (Å²) in [4.78, 5) is 0. The summed E-state index contributed by atoms with van der Waals surface area (Å²) < 4.78 is 43.3. The lowest BCUT2D eigenvalue weighted by Crippen LogP contribution is -2.10. The van der Waals surface area contributed by atoms with Crippen LogP contribution < -0.4 is 10.1 Å². The van der Waals surface area contributed by atoms with E-state index in [4.69, 9.17) is 4.74 Å². The number of aryl methyl sites for hydroxylation is 1. The van der Waals surface area contributed by atoms with E-state index in [-0.39, 0.29) is 19.0 Å². The molecule has 0 fully saturated rings. The van der Waals surface area contributed by atoms with Gasteiger partial charge in [-0.15, -0.1) is 12.4 Å². The number of hydrogen-bond donors (Lipinski definition) is 1. The van der Waals surface area contributed by atoms with Crippen LogP contribution in [0, 0.1) is 6.92 Å². The van der Waals surface area contributed by atoms with E-state index in [0.717, 1.165) is 36.4 Å². The molecule has 0 spiro atoms. The van der Waals surface area contributed by atoms with Crippen LogP contribution in [0.4, 0.5) is 13.2 Å². The van der Waals surface area contributed by atoms with Gasteiger partial charge in [0, 0.05) is 0 Å². The third-order valence-corrected chi connectivity index (χ3v) is 3.58. The molecule has 0 aromatic heterocycles. The average Bonchev–Trinajstić information content (AvgIpc) is 2.51. The van der Waals surface area contributed by atoms with E-state index >= 15 is 0 Å². The van der Waals surface area contributed by atoms with Crippen LogP contribution in [0.3, 0.4) is 0 Å². The minimum Gasteiger partial charge on any atom is -0.489 e. The van der Waals surface area contributed by atoms with Gasteiger partial charge in [0.05, 0.1) is 5.56 Å². The summed E-state index contributed by atoms with van der Waals surface area (Å²) in [6.45, 7) is 3.12. The van der Waals surface area contributed by atoms with Crippen molar-refractivity contribution in [2.45, 2.75) is 26.1 Å². The molecule has 132 valence electrons. The van der Waals surface area contributed by atoms with E-state index in [2.05, 4.69) is 11.4 Å². The van der Waals surface area contributed by atoms with Gasteiger partial charge >= 0.3 is 6.18 Å². The van der Waals surface area contributed by atoms with Gasteiger partial charge in [0.15, 0.2) is 0 Å². The number of halogens is 4. The Balaban J connectivity index is 0.00000288. The number of alkyl halides is 3. The molecule has 0 unspecified atom stereocenters. The Kier molecular flexibility index (Phi) is 7.58. The molecule has 2 rings (SSSR count). The molecule has 2 nitrogen and oxygen atoms in total. The predicted octanol–water partition coefficient (Wildman–Crippen LogP) is 4.78. The Hall–Kier alpha value is -1.72. The van der Waals surface area contributed by atoms with Crippen LogP contribution in [0.25, 0.3) is 0 Å². The molecule has 0 aliphatic heterocycles. The minimum absolute atomic E-state index is 0. The molecule has 2 aromatic rings. The van der Waals surface area contributed by atoms with Crippen molar-refractivity contribution in [2.24, 2.45) is 0 Å². The second-order valence-corrected chi connectivity index (χ2v) is 5.44. The van der Waals surface area contributed by atoms with Gasteiger partial charge in [-0.25, -0.2) is 0 Å². The fraction of sp³-hybridized carbons (Fsp3) is 0.333. The topological polar surface area (TPSA) is 21.3 Å². The fourth-order valence-electron chi connectivity index (χ4n) is 2.25. The summed E-state index contributed by atoms with van der Waals surface area (Å²) in [7, 11) is 1.91. The Morgan fingerprint density at radius 3 is 2.17 bits per heavy atom. The molecule has 0 saturated carbocycles. The van der Waals surface area contributed by atoms with Crippen molar-refractivity contribution in [3.05, 3.63) is 64.7 Å². The average molecular weight is 360 g/mol. The standard InChI is InChI=1S/C18H20F3NO.ClH/c1-13-11-14(9-10-22-2)5-8-17(13)23-12-15-3-6-16(7-4-15)18(19,20)21;/h3-8,11,22H,9-10,12H2,1-2H3;1H. The number of ether oxygens (including phenoxy) is 1. The van der Waals surface area contributed by atoms with Gasteiger partial charge in [-0.05, 0) is 61.8 Å². The summed E-state index contributed by atoms with van der Waals surface area (Å²) in [6.07, 6.45) is -3.37. The predicted molar refractivity (Wildman–Crippen MR) is 91.8 cm³/mol. The van der Waals surface area contributed by atoms with E-state index in [1.54, 1.807) is 0 Å². The lowest BCUT2D eigenvalue weighted by Gasteiger charge is -2.12. The molecule has 0 amide bonds. The Morgan fingerprint density at radius 2 is 1.62 bits per heavy atom. The summed E-state index contributed by atoms with van der Waals surface area (Å²) >= 11 is 0. The summed E-state index contributed by atoms with van der Waals surface area (Å²) in [5.41, 5.74) is 2.30. The smallest absolute Gasteiger partial charge is 0.416 e. The molecule has 6 heteroatoms. The molecule has 24 heavy (non-hydrogen) atoms. The van der Waals surface area contributed by atoms with Gasteiger partial charge in [-0.2, -0.15) is 13.2 Å². The SMILES string of the molecule is CNCCc1ccc(OCc2ccc(C(F)(F)F)cc2)c(C)c1.Cl. The highest BCUT2D eigenvalue weighted by Gasteiger charge is 2.29. The van der Waals surface area contributed by atoms with Crippen LogP contribution in [0.15, 0.2) is 42.5 Å². The first-order chi connectivity index (χ1) is 10.9. The van der Waals surface area contributed by atoms with Gasteiger partial charge < -0.3 is 10.1 Å². The first kappa shape index (κ1) is 20.3. The second kappa shape index (κ2) is 8.94. The highest BCUT2D eigenvalue weighted by molar-refractivity contribution is 5.85. The molecule has 0 atom stereocenters. The Bertz CT molecular complexity index is 642. The maximum Gasteiger partial charge on any atom is 0.416 e. The summed E-state index contributed by atoms with van der Waals surface area (Å²) in [6, 6.07) is 11.0. The van der Waals surface area contributed by atoms with Crippen molar-refractivity contribution in [2.75, 3.05) is 13.6 Å². The molecular weight excluding hydrogens is 339 g/mol. The first-order valence-corrected chi connectivity index (χ1v) is 7.43. The second-order valence-electron chi connectivity index (χ2n) is 5.44. The third kappa shape index (κ3) is 5.73. The van der Waals surface area contributed by atoms with Gasteiger partial charge in [0.2, 0.25) is 0 Å².